The number of unbranched alkanes of at least 4 members (excludes halogenated alkanes) is 2. The summed E-state index contributed by atoms with van der Waals surface area (Å²) in [4.78, 5) is 34.4. The number of fused-ring (bicyclic) bond motifs is 1. The molecule has 1 fully saturated rings. The van der Waals surface area contributed by atoms with Crippen molar-refractivity contribution >= 4 is 17.5 Å². The highest BCUT2D eigenvalue weighted by atomic mass is 19.4. The molecule has 2 aliphatic rings. The number of hydrogen-bond acceptors (Lipinski definition) is 8. The SMILES string of the molecule is C[C@]12CCCN1N(Cc1ccc(OCCCCCO)c(F)c1F)C(=O)C(C(=O)Nc1ccc(C(F)(F)F)cc1-c1cc(C(F)(F)F)ncn1)=C2O. The number of halogens is 8. The molecule has 5 rings (SSSR count). The van der Waals surface area contributed by atoms with Crippen molar-refractivity contribution in [3.05, 3.63) is 82.5 Å². The van der Waals surface area contributed by atoms with Crippen molar-refractivity contribution < 1.29 is 59.7 Å². The summed E-state index contributed by atoms with van der Waals surface area (Å²) >= 11 is 0. The van der Waals surface area contributed by atoms with Gasteiger partial charge in [-0.05, 0) is 69.4 Å². The molecule has 1 atom stereocenters. The van der Waals surface area contributed by atoms with Crippen LogP contribution in [0.1, 0.15) is 55.8 Å². The van der Waals surface area contributed by atoms with E-state index < -0.39 is 87.4 Å². The van der Waals surface area contributed by atoms with E-state index in [1.165, 1.54) is 24.1 Å². The highest BCUT2D eigenvalue weighted by molar-refractivity contribution is 6.24. The second-order valence-electron chi connectivity index (χ2n) is 12.1. The molecule has 51 heavy (non-hydrogen) atoms. The van der Waals surface area contributed by atoms with Gasteiger partial charge in [0.2, 0.25) is 5.82 Å². The number of nitrogens with one attached hydrogen (secondary N) is 1. The molecule has 3 heterocycles. The van der Waals surface area contributed by atoms with Gasteiger partial charge in [0.25, 0.3) is 11.8 Å². The van der Waals surface area contributed by atoms with Crippen LogP contribution in [0.5, 0.6) is 5.75 Å². The molecular weight excluding hydrogens is 698 g/mol. The van der Waals surface area contributed by atoms with Gasteiger partial charge in [-0.3, -0.25) is 14.6 Å². The number of aliphatic hydroxyl groups is 2. The number of carbonyl (C=O) groups excluding carboxylic acids is 2. The van der Waals surface area contributed by atoms with Crippen molar-refractivity contribution in [1.29, 1.82) is 0 Å². The van der Waals surface area contributed by atoms with E-state index in [0.29, 0.717) is 50.2 Å². The monoisotopic (exact) mass is 729 g/mol. The van der Waals surface area contributed by atoms with Crippen molar-refractivity contribution in [3.8, 4) is 17.0 Å². The van der Waals surface area contributed by atoms with E-state index in [-0.39, 0.29) is 37.5 Å². The first-order valence-corrected chi connectivity index (χ1v) is 15.6. The van der Waals surface area contributed by atoms with E-state index >= 15 is 4.39 Å². The summed E-state index contributed by atoms with van der Waals surface area (Å²) in [6.07, 6.45) is -7.27. The average molecular weight is 730 g/mol. The third kappa shape index (κ3) is 7.61. The van der Waals surface area contributed by atoms with Crippen LogP contribution in [0.2, 0.25) is 0 Å². The van der Waals surface area contributed by atoms with Crippen LogP contribution in [0.4, 0.5) is 40.8 Å². The topological polar surface area (TPSA) is 128 Å². The first-order chi connectivity index (χ1) is 24.0. The van der Waals surface area contributed by atoms with Crippen LogP contribution in [-0.4, -0.2) is 67.3 Å². The Balaban J connectivity index is 1.47. The van der Waals surface area contributed by atoms with Gasteiger partial charge in [0, 0.05) is 24.3 Å². The van der Waals surface area contributed by atoms with Gasteiger partial charge >= 0.3 is 12.4 Å². The van der Waals surface area contributed by atoms with Crippen LogP contribution in [0.25, 0.3) is 11.3 Å². The maximum atomic E-state index is 15.3. The van der Waals surface area contributed by atoms with E-state index in [0.717, 1.165) is 11.1 Å². The minimum atomic E-state index is -4.99. The summed E-state index contributed by atoms with van der Waals surface area (Å²) in [5.41, 5.74) is -7.07. The van der Waals surface area contributed by atoms with Crippen molar-refractivity contribution in [3.63, 3.8) is 0 Å². The predicted molar refractivity (Wildman–Crippen MR) is 163 cm³/mol. The molecule has 0 saturated carbocycles. The van der Waals surface area contributed by atoms with Gasteiger partial charge in [-0.1, -0.05) is 6.07 Å². The molecule has 0 aliphatic carbocycles. The van der Waals surface area contributed by atoms with E-state index in [1.54, 1.807) is 0 Å². The smallest absolute Gasteiger partial charge is 0.433 e. The maximum absolute atomic E-state index is 15.3. The summed E-state index contributed by atoms with van der Waals surface area (Å²) in [5.74, 6) is -6.25. The number of aromatic nitrogens is 2. The Morgan fingerprint density at radius 2 is 1.75 bits per heavy atom. The lowest BCUT2D eigenvalue weighted by molar-refractivity contribution is -0.160. The molecule has 3 aromatic rings. The molecule has 274 valence electrons. The second-order valence-corrected chi connectivity index (χ2v) is 12.1. The number of anilines is 1. The van der Waals surface area contributed by atoms with Crippen LogP contribution in [0.3, 0.4) is 0 Å². The van der Waals surface area contributed by atoms with Crippen molar-refractivity contribution in [1.82, 2.24) is 20.0 Å². The fraction of sp³-hybridized carbons (Fsp3) is 0.394. The van der Waals surface area contributed by atoms with Gasteiger partial charge in [-0.25, -0.2) is 19.4 Å². The molecule has 18 heteroatoms. The molecule has 0 spiro atoms. The van der Waals surface area contributed by atoms with Crippen LogP contribution >= 0.6 is 0 Å². The Bertz CT molecular complexity index is 1850. The molecule has 1 saturated heterocycles. The maximum Gasteiger partial charge on any atom is 0.433 e. The number of benzene rings is 2. The largest absolute Gasteiger partial charge is 0.509 e. The zero-order valence-corrected chi connectivity index (χ0v) is 26.8. The molecule has 1 aromatic heterocycles. The fourth-order valence-electron chi connectivity index (χ4n) is 5.97. The highest BCUT2D eigenvalue weighted by Gasteiger charge is 2.53. The Labute approximate surface area is 285 Å². The van der Waals surface area contributed by atoms with Gasteiger partial charge in [0.05, 0.1) is 35.6 Å². The zero-order chi connectivity index (χ0) is 37.3. The number of aliphatic hydroxyl groups excluding tert-OH is 2. The molecular formula is C33H31F8N5O5. The number of rotatable bonds is 11. The number of ether oxygens (including phenoxy) is 1. The molecule has 0 radical (unpaired) electrons. The first-order valence-electron chi connectivity index (χ1n) is 15.6. The number of carbonyl (C=O) groups is 2. The third-order valence-corrected chi connectivity index (χ3v) is 8.65. The molecule has 10 nitrogen and oxygen atoms in total. The normalized spacial score (nSPS) is 18.3. The Morgan fingerprint density at radius 1 is 1.00 bits per heavy atom. The molecule has 2 aromatic carbocycles. The minimum absolute atomic E-state index is 0.0232. The number of amides is 2. The van der Waals surface area contributed by atoms with Crippen molar-refractivity contribution in [2.75, 3.05) is 25.1 Å². The van der Waals surface area contributed by atoms with E-state index in [4.69, 9.17) is 9.84 Å². The van der Waals surface area contributed by atoms with Crippen LogP contribution in [0.15, 0.2) is 54.1 Å². The summed E-state index contributed by atoms with van der Waals surface area (Å²) in [6.45, 7) is 1.08. The number of hydrazine groups is 1. The third-order valence-electron chi connectivity index (χ3n) is 8.65. The summed E-state index contributed by atoms with van der Waals surface area (Å²) in [7, 11) is 0. The molecule has 2 aliphatic heterocycles. The Morgan fingerprint density at radius 3 is 2.43 bits per heavy atom. The lowest BCUT2D eigenvalue weighted by atomic mass is 9.90. The van der Waals surface area contributed by atoms with E-state index in [2.05, 4.69) is 15.3 Å². The molecule has 2 amide bonds. The Kier molecular flexibility index (Phi) is 10.6. The summed E-state index contributed by atoms with van der Waals surface area (Å²) in [6, 6.07) is 4.50. The molecule has 0 bridgehead atoms. The Hall–Kier alpha value is -4.84. The van der Waals surface area contributed by atoms with Gasteiger partial charge < -0.3 is 20.3 Å². The first kappa shape index (κ1) is 37.4. The number of hydrogen-bond donors (Lipinski definition) is 3. The summed E-state index contributed by atoms with van der Waals surface area (Å²) in [5, 5.41) is 24.7. The van der Waals surface area contributed by atoms with Crippen LogP contribution in [-0.2, 0) is 28.5 Å². The second kappa shape index (κ2) is 14.4. The van der Waals surface area contributed by atoms with Gasteiger partial charge in [0.15, 0.2) is 11.6 Å². The number of nitrogens with zero attached hydrogens (tertiary/aromatic N) is 4. The van der Waals surface area contributed by atoms with Gasteiger partial charge in [0.1, 0.15) is 23.4 Å². The minimum Gasteiger partial charge on any atom is -0.509 e. The van der Waals surface area contributed by atoms with E-state index in [9.17, 15) is 45.4 Å². The van der Waals surface area contributed by atoms with Crippen molar-refractivity contribution in [2.24, 2.45) is 0 Å². The highest BCUT2D eigenvalue weighted by Crippen LogP contribution is 2.43. The average Bonchev–Trinajstić information content (AvgIpc) is 3.47. The molecule has 0 unspecified atom stereocenters. The van der Waals surface area contributed by atoms with Gasteiger partial charge in [-0.15, -0.1) is 0 Å². The van der Waals surface area contributed by atoms with Crippen LogP contribution < -0.4 is 10.1 Å². The van der Waals surface area contributed by atoms with Crippen LogP contribution in [0, 0.1) is 11.6 Å². The lowest BCUT2D eigenvalue weighted by Crippen LogP contribution is -2.60. The summed E-state index contributed by atoms with van der Waals surface area (Å²) < 4.78 is 117. The van der Waals surface area contributed by atoms with E-state index in [1.807, 2.05) is 0 Å². The quantitative estimate of drug-likeness (QED) is 0.115. The number of alkyl halides is 6. The molecule has 3 N–H and O–H groups in total. The van der Waals surface area contributed by atoms with Crippen molar-refractivity contribution in [2.45, 2.75) is 63.5 Å². The fourth-order valence-corrected chi connectivity index (χ4v) is 5.97. The predicted octanol–water partition coefficient (Wildman–Crippen LogP) is 6.56. The lowest BCUT2D eigenvalue weighted by Gasteiger charge is -2.46. The zero-order valence-electron chi connectivity index (χ0n) is 26.8. The standard InChI is InChI=1S/C33H31F8N5O5/c1-31-10-5-11-46(31)45(16-18-6-9-23(27(35)26(18)34)51-13-4-2-3-12-47)30(50)25(28(31)48)29(49)44-21-8-7-19(32(36,37)38)14-20(21)22-15-24(33(39,40)41)43-17-42-22/h6-9,14-15,17,47-48H,2-5,10-13,16H2,1H3,(H,44,49)/t31-/m1/s1. The van der Waals surface area contributed by atoms with Gasteiger partial charge in [-0.2, -0.15) is 30.7 Å².